The summed E-state index contributed by atoms with van der Waals surface area (Å²) >= 11 is 1.64. The lowest BCUT2D eigenvalue weighted by atomic mass is 10.1. The summed E-state index contributed by atoms with van der Waals surface area (Å²) in [6, 6.07) is 1.58. The Bertz CT molecular complexity index is 379. The van der Waals surface area contributed by atoms with E-state index in [0.29, 0.717) is 13.1 Å². The van der Waals surface area contributed by atoms with Crippen molar-refractivity contribution in [2.24, 2.45) is 0 Å². The van der Waals surface area contributed by atoms with Crippen LogP contribution in [0.15, 0.2) is 16.8 Å². The highest BCUT2D eigenvalue weighted by atomic mass is 32.1. The summed E-state index contributed by atoms with van der Waals surface area (Å²) in [5.74, 6) is -0.775. The van der Waals surface area contributed by atoms with Crippen molar-refractivity contribution in [1.82, 2.24) is 4.90 Å². The first-order valence-electron chi connectivity index (χ1n) is 5.72. The van der Waals surface area contributed by atoms with Gasteiger partial charge in [-0.25, -0.2) is 0 Å². The van der Waals surface area contributed by atoms with E-state index >= 15 is 0 Å². The van der Waals surface area contributed by atoms with Crippen molar-refractivity contribution in [3.8, 4) is 0 Å². The fourth-order valence-electron chi connectivity index (χ4n) is 2.10. The second kappa shape index (κ2) is 5.16. The van der Waals surface area contributed by atoms with E-state index in [1.54, 1.807) is 18.3 Å². The zero-order chi connectivity index (χ0) is 12.4. The van der Waals surface area contributed by atoms with Crippen LogP contribution in [0.4, 0.5) is 0 Å². The second-order valence-corrected chi connectivity index (χ2v) is 5.24. The molecule has 5 heteroatoms. The smallest absolute Gasteiger partial charge is 0.320 e. The Balaban J connectivity index is 2.09. The molecule has 17 heavy (non-hydrogen) atoms. The van der Waals surface area contributed by atoms with Crippen LogP contribution >= 0.6 is 11.3 Å². The molecule has 2 heterocycles. The summed E-state index contributed by atoms with van der Waals surface area (Å²) < 4.78 is 5.86. The van der Waals surface area contributed by atoms with Gasteiger partial charge in [0.1, 0.15) is 6.04 Å². The largest absolute Gasteiger partial charge is 0.480 e. The number of ether oxygens (including phenoxy) is 1. The topological polar surface area (TPSA) is 49.8 Å². The maximum atomic E-state index is 11.0. The van der Waals surface area contributed by atoms with E-state index in [9.17, 15) is 4.79 Å². The maximum Gasteiger partial charge on any atom is 0.320 e. The Morgan fingerprint density at radius 1 is 1.65 bits per heavy atom. The van der Waals surface area contributed by atoms with Crippen molar-refractivity contribution in [2.45, 2.75) is 32.1 Å². The molecule has 1 N–H and O–H groups in total. The monoisotopic (exact) mass is 255 g/mol. The molecule has 0 radical (unpaired) electrons. The van der Waals surface area contributed by atoms with Crippen LogP contribution in [0.1, 0.15) is 25.5 Å². The van der Waals surface area contributed by atoms with Crippen LogP contribution < -0.4 is 0 Å². The predicted molar refractivity (Wildman–Crippen MR) is 66.3 cm³/mol. The normalized spacial score (nSPS) is 27.9. The summed E-state index contributed by atoms with van der Waals surface area (Å²) in [7, 11) is 0. The lowest BCUT2D eigenvalue weighted by Crippen LogP contribution is -2.49. The molecule has 0 aliphatic carbocycles. The van der Waals surface area contributed by atoms with Gasteiger partial charge in [-0.15, -0.1) is 0 Å². The number of carboxylic acid groups (broad SMARTS) is 1. The average molecular weight is 255 g/mol. The fraction of sp³-hybridized carbons (Fsp3) is 0.583. The summed E-state index contributed by atoms with van der Waals surface area (Å²) in [6.45, 7) is 5.04. The second-order valence-electron chi connectivity index (χ2n) is 4.46. The Morgan fingerprint density at radius 3 is 3.00 bits per heavy atom. The third-order valence-electron chi connectivity index (χ3n) is 3.11. The van der Waals surface area contributed by atoms with Gasteiger partial charge in [-0.1, -0.05) is 0 Å². The van der Waals surface area contributed by atoms with Gasteiger partial charge in [0.2, 0.25) is 0 Å². The molecule has 1 fully saturated rings. The number of carbonyl (C=O) groups is 1. The molecule has 1 aromatic rings. The number of hydrogen-bond donors (Lipinski definition) is 1. The minimum absolute atomic E-state index is 0.00759. The van der Waals surface area contributed by atoms with Crippen LogP contribution in [0.3, 0.4) is 0 Å². The van der Waals surface area contributed by atoms with Crippen molar-refractivity contribution in [2.75, 3.05) is 13.1 Å². The molecule has 2 rings (SSSR count). The summed E-state index contributed by atoms with van der Waals surface area (Å²) in [5.41, 5.74) is 1.14. The van der Waals surface area contributed by atoms with Gasteiger partial charge in [0, 0.05) is 13.1 Å². The number of nitrogens with zero attached hydrogens (tertiary/aromatic N) is 1. The number of carboxylic acids is 1. The zero-order valence-corrected chi connectivity index (χ0v) is 10.8. The van der Waals surface area contributed by atoms with Crippen LogP contribution in [0, 0.1) is 0 Å². The van der Waals surface area contributed by atoms with Gasteiger partial charge in [-0.2, -0.15) is 11.3 Å². The van der Waals surface area contributed by atoms with Crippen LogP contribution in [0.25, 0.3) is 0 Å². The molecule has 0 saturated carbocycles. The van der Waals surface area contributed by atoms with Gasteiger partial charge < -0.3 is 9.84 Å². The first kappa shape index (κ1) is 12.5. The molecule has 0 bridgehead atoms. The molecule has 1 aromatic heterocycles. The SMILES string of the molecule is C[C@@H]1CN([C@@H](C)C(=O)O)C[C@H](c2ccsc2)O1. The Kier molecular flexibility index (Phi) is 3.81. The third kappa shape index (κ3) is 2.86. The van der Waals surface area contributed by atoms with Crippen LogP contribution in [0.2, 0.25) is 0 Å². The molecular formula is C12H17NO3S. The van der Waals surface area contributed by atoms with Crippen LogP contribution in [-0.4, -0.2) is 41.2 Å². The van der Waals surface area contributed by atoms with Crippen molar-refractivity contribution < 1.29 is 14.6 Å². The Labute approximate surface area is 105 Å². The number of rotatable bonds is 3. The molecule has 4 nitrogen and oxygen atoms in total. The molecule has 0 amide bonds. The van der Waals surface area contributed by atoms with Gasteiger partial charge in [0.25, 0.3) is 0 Å². The fourth-order valence-corrected chi connectivity index (χ4v) is 2.80. The third-order valence-corrected chi connectivity index (χ3v) is 3.81. The number of morpholine rings is 1. The van der Waals surface area contributed by atoms with Crippen LogP contribution in [0.5, 0.6) is 0 Å². The van der Waals surface area contributed by atoms with Crippen molar-refractivity contribution in [3.05, 3.63) is 22.4 Å². The molecule has 0 aromatic carbocycles. The molecular weight excluding hydrogens is 238 g/mol. The molecule has 1 aliphatic rings. The number of thiophene rings is 1. The average Bonchev–Trinajstić information content (AvgIpc) is 2.80. The summed E-state index contributed by atoms with van der Waals surface area (Å²) in [5, 5.41) is 13.1. The van der Waals surface area contributed by atoms with Crippen molar-refractivity contribution >= 4 is 17.3 Å². The highest BCUT2D eigenvalue weighted by Gasteiger charge is 2.31. The quantitative estimate of drug-likeness (QED) is 0.897. The summed E-state index contributed by atoms with van der Waals surface area (Å²) in [4.78, 5) is 13.0. The molecule has 0 unspecified atom stereocenters. The standard InChI is InChI=1S/C12H17NO3S/c1-8-5-13(9(2)12(14)15)6-11(16-8)10-3-4-17-7-10/h3-4,7-9,11H,5-6H2,1-2H3,(H,14,15)/t8-,9+,11-/m1/s1. The van der Waals surface area contributed by atoms with E-state index in [0.717, 1.165) is 5.56 Å². The van der Waals surface area contributed by atoms with Gasteiger partial charge in [0.15, 0.2) is 0 Å². The van der Waals surface area contributed by atoms with E-state index in [-0.39, 0.29) is 12.2 Å². The highest BCUT2D eigenvalue weighted by Crippen LogP contribution is 2.27. The molecule has 1 aliphatic heterocycles. The molecule has 3 atom stereocenters. The van der Waals surface area contributed by atoms with Crippen molar-refractivity contribution in [1.29, 1.82) is 0 Å². The highest BCUT2D eigenvalue weighted by molar-refractivity contribution is 7.07. The molecule has 0 spiro atoms. The van der Waals surface area contributed by atoms with Gasteiger partial charge in [0.05, 0.1) is 12.2 Å². The molecule has 94 valence electrons. The Morgan fingerprint density at radius 2 is 2.41 bits per heavy atom. The maximum absolute atomic E-state index is 11.0. The molecule has 1 saturated heterocycles. The van der Waals surface area contributed by atoms with Gasteiger partial charge in [-0.05, 0) is 36.2 Å². The lowest BCUT2D eigenvalue weighted by Gasteiger charge is -2.38. The van der Waals surface area contributed by atoms with Crippen molar-refractivity contribution in [3.63, 3.8) is 0 Å². The zero-order valence-electron chi connectivity index (χ0n) is 10.00. The van der Waals surface area contributed by atoms with E-state index < -0.39 is 12.0 Å². The van der Waals surface area contributed by atoms with E-state index in [4.69, 9.17) is 9.84 Å². The number of aliphatic carboxylic acids is 1. The van der Waals surface area contributed by atoms with Crippen LogP contribution in [-0.2, 0) is 9.53 Å². The first-order chi connectivity index (χ1) is 8.08. The van der Waals surface area contributed by atoms with E-state index in [2.05, 4.69) is 5.38 Å². The Hall–Kier alpha value is -0.910. The van der Waals surface area contributed by atoms with Gasteiger partial charge in [-0.3, -0.25) is 9.69 Å². The number of hydrogen-bond acceptors (Lipinski definition) is 4. The van der Waals surface area contributed by atoms with E-state index in [1.807, 2.05) is 23.3 Å². The van der Waals surface area contributed by atoms with Gasteiger partial charge >= 0.3 is 5.97 Å². The predicted octanol–water partition coefficient (Wildman–Crippen LogP) is 1.98. The van der Waals surface area contributed by atoms with E-state index in [1.165, 1.54) is 0 Å². The first-order valence-corrected chi connectivity index (χ1v) is 6.66. The minimum atomic E-state index is -0.775. The minimum Gasteiger partial charge on any atom is -0.480 e. The lowest BCUT2D eigenvalue weighted by molar-refractivity contribution is -0.148. The summed E-state index contributed by atoms with van der Waals surface area (Å²) in [6.07, 6.45) is 0.0576.